The lowest BCUT2D eigenvalue weighted by Crippen LogP contribution is -2.19. The Labute approximate surface area is 101 Å². The summed E-state index contributed by atoms with van der Waals surface area (Å²) in [5, 5.41) is 3.16. The van der Waals surface area contributed by atoms with E-state index in [2.05, 4.69) is 10.3 Å². The third kappa shape index (κ3) is 2.68. The fourth-order valence-electron chi connectivity index (χ4n) is 1.90. The molecule has 1 heterocycles. The van der Waals surface area contributed by atoms with Gasteiger partial charge in [-0.15, -0.1) is 0 Å². The molecule has 1 aromatic carbocycles. The first-order valence-electron chi connectivity index (χ1n) is 5.57. The van der Waals surface area contributed by atoms with Crippen molar-refractivity contribution in [2.24, 2.45) is 0 Å². The normalized spacial score (nSPS) is 12.4. The minimum atomic E-state index is -0.226. The summed E-state index contributed by atoms with van der Waals surface area (Å²) in [6.07, 6.45) is 0. The van der Waals surface area contributed by atoms with Crippen molar-refractivity contribution in [3.05, 3.63) is 65.2 Å². The predicted molar refractivity (Wildman–Crippen MR) is 66.3 cm³/mol. The number of aromatic nitrogens is 1. The van der Waals surface area contributed by atoms with Gasteiger partial charge in [-0.25, -0.2) is 4.39 Å². The zero-order chi connectivity index (χ0) is 12.3. The molecule has 0 saturated carbocycles. The van der Waals surface area contributed by atoms with Gasteiger partial charge in [0.15, 0.2) is 0 Å². The van der Waals surface area contributed by atoms with E-state index in [0.29, 0.717) is 0 Å². The summed E-state index contributed by atoms with van der Waals surface area (Å²) in [5.41, 5.74) is 2.74. The summed E-state index contributed by atoms with van der Waals surface area (Å²) >= 11 is 0. The van der Waals surface area contributed by atoms with Crippen LogP contribution in [0.2, 0.25) is 0 Å². The highest BCUT2D eigenvalue weighted by atomic mass is 19.1. The molecule has 0 radical (unpaired) electrons. The first-order chi connectivity index (χ1) is 8.20. The zero-order valence-electron chi connectivity index (χ0n) is 9.94. The molecule has 1 aromatic heterocycles. The molecular formula is C14H15FN2. The SMILES string of the molecule is CNC(c1cccc(F)c1)c1cccc(C)n1. The van der Waals surface area contributed by atoms with E-state index in [-0.39, 0.29) is 11.9 Å². The number of benzene rings is 1. The van der Waals surface area contributed by atoms with Crippen molar-refractivity contribution in [2.75, 3.05) is 7.05 Å². The van der Waals surface area contributed by atoms with E-state index in [1.54, 1.807) is 6.07 Å². The quantitative estimate of drug-likeness (QED) is 0.877. The maximum absolute atomic E-state index is 13.2. The van der Waals surface area contributed by atoms with Gasteiger partial charge < -0.3 is 5.32 Å². The Bertz CT molecular complexity index is 466. The molecular weight excluding hydrogens is 215 g/mol. The topological polar surface area (TPSA) is 24.9 Å². The van der Waals surface area contributed by atoms with Crippen molar-refractivity contribution in [1.29, 1.82) is 0 Å². The number of nitrogens with zero attached hydrogens (tertiary/aromatic N) is 1. The van der Waals surface area contributed by atoms with Gasteiger partial charge >= 0.3 is 0 Å². The molecule has 17 heavy (non-hydrogen) atoms. The summed E-state index contributed by atoms with van der Waals surface area (Å²) in [6.45, 7) is 1.95. The smallest absolute Gasteiger partial charge is 0.123 e. The second-order valence-corrected chi connectivity index (χ2v) is 3.98. The average molecular weight is 230 g/mol. The van der Waals surface area contributed by atoms with Gasteiger partial charge in [-0.05, 0) is 43.8 Å². The molecule has 88 valence electrons. The molecule has 3 heteroatoms. The summed E-state index contributed by atoms with van der Waals surface area (Å²) in [6, 6.07) is 12.4. The first kappa shape index (κ1) is 11.7. The fraction of sp³-hybridized carbons (Fsp3) is 0.214. The van der Waals surface area contributed by atoms with Gasteiger partial charge in [-0.1, -0.05) is 18.2 Å². The van der Waals surface area contributed by atoms with E-state index >= 15 is 0 Å². The summed E-state index contributed by atoms with van der Waals surface area (Å²) in [7, 11) is 1.85. The molecule has 0 saturated heterocycles. The Balaban J connectivity index is 2.40. The maximum atomic E-state index is 13.2. The highest BCUT2D eigenvalue weighted by molar-refractivity contribution is 5.28. The van der Waals surface area contributed by atoms with E-state index in [9.17, 15) is 4.39 Å². The van der Waals surface area contributed by atoms with Crippen molar-refractivity contribution in [3.8, 4) is 0 Å². The van der Waals surface area contributed by atoms with Crippen molar-refractivity contribution >= 4 is 0 Å². The number of rotatable bonds is 3. The lowest BCUT2D eigenvalue weighted by atomic mass is 10.0. The Hall–Kier alpha value is -1.74. The lowest BCUT2D eigenvalue weighted by molar-refractivity contribution is 0.613. The van der Waals surface area contributed by atoms with Crippen molar-refractivity contribution < 1.29 is 4.39 Å². The number of halogens is 1. The van der Waals surface area contributed by atoms with Crippen LogP contribution in [0.15, 0.2) is 42.5 Å². The minimum Gasteiger partial charge on any atom is -0.308 e. The molecule has 0 aliphatic rings. The van der Waals surface area contributed by atoms with E-state index in [1.165, 1.54) is 12.1 Å². The van der Waals surface area contributed by atoms with Gasteiger partial charge in [0.05, 0.1) is 11.7 Å². The Kier molecular flexibility index (Phi) is 3.49. The number of aryl methyl sites for hydroxylation is 1. The molecule has 2 nitrogen and oxygen atoms in total. The standard InChI is InChI=1S/C14H15FN2/c1-10-5-3-8-13(17-10)14(16-2)11-6-4-7-12(15)9-11/h3-9,14,16H,1-2H3. The molecule has 1 atom stereocenters. The first-order valence-corrected chi connectivity index (χ1v) is 5.57. The number of nitrogens with one attached hydrogen (secondary N) is 1. The minimum absolute atomic E-state index is 0.0781. The third-order valence-electron chi connectivity index (χ3n) is 2.68. The molecule has 0 bridgehead atoms. The van der Waals surface area contributed by atoms with Crippen LogP contribution in [0.25, 0.3) is 0 Å². The highest BCUT2D eigenvalue weighted by Gasteiger charge is 2.13. The molecule has 0 amide bonds. The molecule has 0 aliphatic heterocycles. The van der Waals surface area contributed by atoms with E-state index in [0.717, 1.165) is 17.0 Å². The van der Waals surface area contributed by atoms with Crippen molar-refractivity contribution in [3.63, 3.8) is 0 Å². The lowest BCUT2D eigenvalue weighted by Gasteiger charge is -2.16. The molecule has 2 rings (SSSR count). The predicted octanol–water partition coefficient (Wildman–Crippen LogP) is 2.84. The second-order valence-electron chi connectivity index (χ2n) is 3.98. The summed E-state index contributed by atoms with van der Waals surface area (Å²) in [4.78, 5) is 4.47. The largest absolute Gasteiger partial charge is 0.308 e. The summed E-state index contributed by atoms with van der Waals surface area (Å²) in [5.74, 6) is -0.226. The van der Waals surface area contributed by atoms with E-state index in [1.807, 2.05) is 38.2 Å². The molecule has 2 aromatic rings. The molecule has 0 spiro atoms. The van der Waals surface area contributed by atoms with Crippen LogP contribution >= 0.6 is 0 Å². The van der Waals surface area contributed by atoms with Crippen LogP contribution in [0.3, 0.4) is 0 Å². The van der Waals surface area contributed by atoms with Crippen LogP contribution in [-0.2, 0) is 0 Å². The van der Waals surface area contributed by atoms with Crippen LogP contribution in [0, 0.1) is 12.7 Å². The van der Waals surface area contributed by atoms with Crippen LogP contribution in [-0.4, -0.2) is 12.0 Å². The van der Waals surface area contributed by atoms with Crippen LogP contribution in [0.4, 0.5) is 4.39 Å². The third-order valence-corrected chi connectivity index (χ3v) is 2.68. The van der Waals surface area contributed by atoms with Crippen LogP contribution in [0.5, 0.6) is 0 Å². The maximum Gasteiger partial charge on any atom is 0.123 e. The van der Waals surface area contributed by atoms with Gasteiger partial charge in [0, 0.05) is 5.69 Å². The van der Waals surface area contributed by atoms with Crippen molar-refractivity contribution in [2.45, 2.75) is 13.0 Å². The van der Waals surface area contributed by atoms with Crippen LogP contribution < -0.4 is 5.32 Å². The van der Waals surface area contributed by atoms with E-state index < -0.39 is 0 Å². The molecule has 1 N–H and O–H groups in total. The number of hydrogen-bond donors (Lipinski definition) is 1. The summed E-state index contributed by atoms with van der Waals surface area (Å²) < 4.78 is 13.2. The second kappa shape index (κ2) is 5.06. The monoisotopic (exact) mass is 230 g/mol. The Morgan fingerprint density at radius 2 is 1.94 bits per heavy atom. The van der Waals surface area contributed by atoms with Crippen molar-refractivity contribution in [1.82, 2.24) is 10.3 Å². The number of pyridine rings is 1. The molecule has 0 aliphatic carbocycles. The van der Waals surface area contributed by atoms with Gasteiger partial charge in [0.1, 0.15) is 5.82 Å². The number of hydrogen-bond acceptors (Lipinski definition) is 2. The van der Waals surface area contributed by atoms with Gasteiger partial charge in [-0.2, -0.15) is 0 Å². The highest BCUT2D eigenvalue weighted by Crippen LogP contribution is 2.20. The molecule has 1 unspecified atom stereocenters. The average Bonchev–Trinajstić information content (AvgIpc) is 2.30. The van der Waals surface area contributed by atoms with Crippen LogP contribution in [0.1, 0.15) is 23.0 Å². The van der Waals surface area contributed by atoms with Gasteiger partial charge in [-0.3, -0.25) is 4.98 Å². The van der Waals surface area contributed by atoms with Gasteiger partial charge in [0.2, 0.25) is 0 Å². The van der Waals surface area contributed by atoms with E-state index in [4.69, 9.17) is 0 Å². The Morgan fingerprint density at radius 3 is 2.59 bits per heavy atom. The van der Waals surface area contributed by atoms with Gasteiger partial charge in [0.25, 0.3) is 0 Å². The fourth-order valence-corrected chi connectivity index (χ4v) is 1.90. The zero-order valence-corrected chi connectivity index (χ0v) is 9.94. The molecule has 0 fully saturated rings. The Morgan fingerprint density at radius 1 is 1.18 bits per heavy atom.